The number of halogens is 1. The highest BCUT2D eigenvalue weighted by Gasteiger charge is 2.29. The molecular formula is C66H62ClN3O2. The Bertz CT molecular complexity index is 3450. The zero-order valence-electron chi connectivity index (χ0n) is 43.0. The molecule has 0 atom stereocenters. The molecule has 10 aromatic rings. The smallest absolute Gasteiger partial charge is 0.161 e. The molecule has 0 aliphatic carbocycles. The zero-order valence-corrected chi connectivity index (χ0v) is 43.8. The lowest BCUT2D eigenvalue weighted by Crippen LogP contribution is -2.17. The molecule has 0 aliphatic heterocycles. The summed E-state index contributed by atoms with van der Waals surface area (Å²) in [5, 5.41) is 2.44. The van der Waals surface area contributed by atoms with E-state index in [0.717, 1.165) is 78.7 Å². The number of furan rings is 1. The summed E-state index contributed by atoms with van der Waals surface area (Å²) >= 11 is 7.90. The maximum atomic E-state index is 7.90. The fourth-order valence-corrected chi connectivity index (χ4v) is 9.63. The Morgan fingerprint density at radius 1 is 0.403 bits per heavy atom. The van der Waals surface area contributed by atoms with Gasteiger partial charge in [-0.2, -0.15) is 0 Å². The van der Waals surface area contributed by atoms with Crippen LogP contribution in [0, 0.1) is 27.7 Å². The molecule has 0 bridgehead atoms. The van der Waals surface area contributed by atoms with Crippen LogP contribution in [0.5, 0.6) is 11.5 Å². The fraction of sp³-hybridized carbons (Fsp3) is 0.182. The van der Waals surface area contributed by atoms with Crippen LogP contribution in [-0.4, -0.2) is 0 Å². The average Bonchev–Trinajstić information content (AvgIpc) is 3.76. The summed E-state index contributed by atoms with van der Waals surface area (Å²) in [6, 6.07) is 68.8. The first-order chi connectivity index (χ1) is 34.5. The largest absolute Gasteiger partial charge is 0.456 e. The van der Waals surface area contributed by atoms with Crippen molar-refractivity contribution in [2.45, 2.75) is 80.1 Å². The summed E-state index contributed by atoms with van der Waals surface area (Å²) in [5.74, 6) is 1.22. The minimum absolute atomic E-state index is 0.0533. The monoisotopic (exact) mass is 963 g/mol. The second-order valence-corrected chi connectivity index (χ2v) is 21.6. The Labute approximate surface area is 430 Å². The van der Waals surface area contributed by atoms with E-state index in [1.54, 1.807) is 0 Å². The highest BCUT2D eigenvalue weighted by atomic mass is 35.5. The summed E-state index contributed by atoms with van der Waals surface area (Å²) < 4.78 is 14.1. The maximum absolute atomic E-state index is 7.90. The summed E-state index contributed by atoms with van der Waals surface area (Å²) in [4.78, 5) is 6.85. The Kier molecular flexibility index (Phi) is 12.7. The van der Waals surface area contributed by atoms with Crippen molar-refractivity contribution in [1.82, 2.24) is 0 Å². The van der Waals surface area contributed by atoms with E-state index >= 15 is 0 Å². The highest BCUT2D eigenvalue weighted by Crippen LogP contribution is 2.52. The number of aryl methyl sites for hydroxylation is 4. The molecule has 0 spiro atoms. The third-order valence-corrected chi connectivity index (χ3v) is 13.9. The van der Waals surface area contributed by atoms with Crippen molar-refractivity contribution in [2.75, 3.05) is 14.7 Å². The third kappa shape index (κ3) is 9.57. The van der Waals surface area contributed by atoms with Gasteiger partial charge in [-0.3, -0.25) is 0 Å². The van der Waals surface area contributed by atoms with Gasteiger partial charge in [-0.15, -0.1) is 0 Å². The van der Waals surface area contributed by atoms with Crippen LogP contribution in [0.3, 0.4) is 0 Å². The summed E-state index contributed by atoms with van der Waals surface area (Å²) in [6.45, 7) is 21.9. The number of hydrogen-bond donors (Lipinski definition) is 0. The number of ether oxygens (including phenoxy) is 1. The van der Waals surface area contributed by atoms with E-state index in [1.165, 1.54) is 27.8 Å². The summed E-state index contributed by atoms with van der Waals surface area (Å²) in [5.41, 5.74) is 17.0. The molecule has 5 nitrogen and oxygen atoms in total. The van der Waals surface area contributed by atoms with Gasteiger partial charge in [0.2, 0.25) is 0 Å². The Hall–Kier alpha value is -7.73. The van der Waals surface area contributed by atoms with Crippen LogP contribution in [-0.2, 0) is 10.8 Å². The Morgan fingerprint density at radius 3 is 1.40 bits per heavy atom. The van der Waals surface area contributed by atoms with Crippen LogP contribution >= 0.6 is 11.6 Å². The van der Waals surface area contributed by atoms with Gasteiger partial charge in [-0.25, -0.2) is 0 Å². The molecule has 10 rings (SSSR count). The van der Waals surface area contributed by atoms with Gasteiger partial charge < -0.3 is 23.9 Å². The van der Waals surface area contributed by atoms with Gasteiger partial charge in [0.25, 0.3) is 0 Å². The first-order valence-corrected chi connectivity index (χ1v) is 25.2. The molecule has 0 unspecified atom stereocenters. The minimum atomic E-state index is -0.279. The molecule has 6 heteroatoms. The van der Waals surface area contributed by atoms with Gasteiger partial charge in [0.05, 0.1) is 22.4 Å². The lowest BCUT2D eigenvalue weighted by Gasteiger charge is -2.32. The molecule has 360 valence electrons. The maximum Gasteiger partial charge on any atom is 0.161 e. The fourth-order valence-electron chi connectivity index (χ4n) is 9.39. The van der Waals surface area contributed by atoms with E-state index in [4.69, 9.17) is 20.8 Å². The van der Waals surface area contributed by atoms with Crippen LogP contribution < -0.4 is 19.4 Å². The van der Waals surface area contributed by atoms with Crippen molar-refractivity contribution >= 4 is 84.7 Å². The number of rotatable bonds is 11. The second-order valence-electron chi connectivity index (χ2n) is 21.2. The number of anilines is 9. The van der Waals surface area contributed by atoms with Crippen molar-refractivity contribution < 1.29 is 9.15 Å². The molecular weight excluding hydrogens is 902 g/mol. The van der Waals surface area contributed by atoms with Crippen molar-refractivity contribution in [3.63, 3.8) is 0 Å². The van der Waals surface area contributed by atoms with Gasteiger partial charge in [0.15, 0.2) is 5.58 Å². The van der Waals surface area contributed by atoms with Crippen molar-refractivity contribution in [2.24, 2.45) is 0 Å². The molecule has 0 saturated heterocycles. The molecule has 1 aromatic heterocycles. The van der Waals surface area contributed by atoms with E-state index in [2.05, 4.69) is 260 Å². The van der Waals surface area contributed by atoms with Crippen molar-refractivity contribution in [3.8, 4) is 11.5 Å². The topological polar surface area (TPSA) is 32.1 Å². The van der Waals surface area contributed by atoms with Crippen molar-refractivity contribution in [1.29, 1.82) is 0 Å². The van der Waals surface area contributed by atoms with E-state index in [-0.39, 0.29) is 10.8 Å². The van der Waals surface area contributed by atoms with Gasteiger partial charge in [-0.1, -0.05) is 160 Å². The predicted octanol–water partition coefficient (Wildman–Crippen LogP) is 20.3. The first-order valence-electron chi connectivity index (χ1n) is 24.8. The quantitative estimate of drug-likeness (QED) is 0.129. The molecule has 1 heterocycles. The standard InChI is InChI=1S/C66H62ClN3O2/c1-43-18-28-49(29-19-43)68(50-30-20-44(2)21-31-50)54-14-13-15-55(42-54)71-61-41-48(66(8,9)10)40-59(63(61)67)70(53-36-26-47(27-37-53)65(5,6)7)57-38-39-58(64-62(57)56-16-11-12-17-60(56)72-64)69(51-32-22-45(3)23-33-51)52-34-24-46(4)25-35-52/h11-42H,1-10H3. The molecule has 9 aromatic carbocycles. The predicted molar refractivity (Wildman–Crippen MR) is 306 cm³/mol. The van der Waals surface area contributed by atoms with Crippen LogP contribution in [0.4, 0.5) is 51.2 Å². The molecule has 0 fully saturated rings. The number of hydrogen-bond acceptors (Lipinski definition) is 5. The van der Waals surface area contributed by atoms with Gasteiger partial charge in [-0.05, 0) is 153 Å². The van der Waals surface area contributed by atoms with Crippen LogP contribution in [0.2, 0.25) is 5.02 Å². The SMILES string of the molecule is Cc1ccc(N(c2ccc(C)cc2)c2cccc(Oc3cc(C(C)(C)C)cc(N(c4ccc(C(C)(C)C)cc4)c4ccc(N(c5ccc(C)cc5)c5ccc(C)cc5)c5oc6ccccc6c45)c3Cl)c2)cc1. The molecule has 0 radical (unpaired) electrons. The van der Waals surface area contributed by atoms with E-state index in [1.807, 2.05) is 18.2 Å². The normalized spacial score (nSPS) is 11.8. The first kappa shape index (κ1) is 47.9. The van der Waals surface area contributed by atoms with Crippen LogP contribution in [0.1, 0.15) is 74.9 Å². The lowest BCUT2D eigenvalue weighted by molar-refractivity contribution is 0.479. The highest BCUT2D eigenvalue weighted by molar-refractivity contribution is 6.35. The molecule has 0 saturated carbocycles. The van der Waals surface area contributed by atoms with E-state index in [9.17, 15) is 0 Å². The van der Waals surface area contributed by atoms with Gasteiger partial charge in [0, 0.05) is 45.6 Å². The minimum Gasteiger partial charge on any atom is -0.456 e. The molecule has 0 amide bonds. The third-order valence-electron chi connectivity index (χ3n) is 13.6. The zero-order chi connectivity index (χ0) is 50.5. The number of fused-ring (bicyclic) bond motifs is 3. The molecule has 0 aliphatic rings. The lowest BCUT2D eigenvalue weighted by atomic mass is 9.86. The average molecular weight is 965 g/mol. The van der Waals surface area contributed by atoms with E-state index < -0.39 is 0 Å². The van der Waals surface area contributed by atoms with Gasteiger partial charge >= 0.3 is 0 Å². The van der Waals surface area contributed by atoms with E-state index in [0.29, 0.717) is 16.5 Å². The number of benzene rings is 9. The summed E-state index contributed by atoms with van der Waals surface area (Å²) in [6.07, 6.45) is 0. The number of para-hydroxylation sites is 1. The Balaban J connectivity index is 1.19. The van der Waals surface area contributed by atoms with Crippen LogP contribution in [0.25, 0.3) is 21.9 Å². The van der Waals surface area contributed by atoms with Gasteiger partial charge in [0.1, 0.15) is 22.1 Å². The molecule has 72 heavy (non-hydrogen) atoms. The number of nitrogens with zero attached hydrogens (tertiary/aromatic N) is 3. The Morgan fingerprint density at radius 2 is 0.875 bits per heavy atom. The second kappa shape index (κ2) is 19.1. The molecule has 0 N–H and O–H groups in total. The van der Waals surface area contributed by atoms with Crippen LogP contribution in [0.15, 0.2) is 199 Å². The van der Waals surface area contributed by atoms with Crippen molar-refractivity contribution in [3.05, 3.63) is 233 Å². The summed E-state index contributed by atoms with van der Waals surface area (Å²) in [7, 11) is 0.